The van der Waals surface area contributed by atoms with Crippen molar-refractivity contribution in [3.63, 3.8) is 0 Å². The third-order valence-electron chi connectivity index (χ3n) is 5.68. The smallest absolute Gasteiger partial charge is 0.245 e. The Morgan fingerprint density at radius 3 is 2.48 bits per heavy atom. The van der Waals surface area contributed by atoms with E-state index in [1.165, 1.54) is 0 Å². The van der Waals surface area contributed by atoms with Gasteiger partial charge >= 0.3 is 0 Å². The summed E-state index contributed by atoms with van der Waals surface area (Å²) in [7, 11) is 0. The molecule has 1 saturated carbocycles. The Kier molecular flexibility index (Phi) is 6.87. The van der Waals surface area contributed by atoms with Crippen LogP contribution < -0.4 is 5.32 Å². The first-order valence-electron chi connectivity index (χ1n) is 11.3. The predicted molar refractivity (Wildman–Crippen MR) is 124 cm³/mol. The van der Waals surface area contributed by atoms with E-state index in [1.54, 1.807) is 9.58 Å². The molecule has 3 rings (SSSR count). The van der Waals surface area contributed by atoms with Crippen molar-refractivity contribution in [3.05, 3.63) is 41.6 Å². The highest BCUT2D eigenvalue weighted by Crippen LogP contribution is 2.29. The van der Waals surface area contributed by atoms with Crippen molar-refractivity contribution in [2.75, 3.05) is 18.4 Å². The highest BCUT2D eigenvalue weighted by Gasteiger charge is 2.31. The summed E-state index contributed by atoms with van der Waals surface area (Å²) in [4.78, 5) is 27.6. The van der Waals surface area contributed by atoms with Crippen molar-refractivity contribution < 1.29 is 9.59 Å². The third-order valence-corrected chi connectivity index (χ3v) is 5.68. The van der Waals surface area contributed by atoms with Gasteiger partial charge in [-0.1, -0.05) is 53.2 Å². The second-order valence-corrected chi connectivity index (χ2v) is 10.2. The van der Waals surface area contributed by atoms with Crippen LogP contribution in [0.15, 0.2) is 30.3 Å². The van der Waals surface area contributed by atoms with Gasteiger partial charge in [-0.25, -0.2) is 4.68 Å². The number of hydrogen-bond donors (Lipinski definition) is 1. The van der Waals surface area contributed by atoms with Gasteiger partial charge in [-0.3, -0.25) is 9.59 Å². The SMILES string of the molecule is Cc1cccc(-n2nc(C(C)(C)C)cc2NC(=O)CN(CC(C)C)C(=O)C2CCC2)c1. The van der Waals surface area contributed by atoms with Gasteiger partial charge in [-0.2, -0.15) is 5.10 Å². The van der Waals surface area contributed by atoms with E-state index < -0.39 is 0 Å². The molecule has 0 spiro atoms. The molecule has 1 aromatic heterocycles. The minimum absolute atomic E-state index is 0.0668. The van der Waals surface area contributed by atoms with Crippen molar-refractivity contribution in [2.24, 2.45) is 11.8 Å². The molecule has 0 atom stereocenters. The zero-order valence-electron chi connectivity index (χ0n) is 19.7. The molecule has 31 heavy (non-hydrogen) atoms. The molecule has 1 heterocycles. The van der Waals surface area contributed by atoms with Gasteiger partial charge in [0.25, 0.3) is 0 Å². The Hall–Kier alpha value is -2.63. The number of aromatic nitrogens is 2. The van der Waals surface area contributed by atoms with E-state index in [1.807, 2.05) is 37.3 Å². The fourth-order valence-electron chi connectivity index (χ4n) is 3.74. The van der Waals surface area contributed by atoms with E-state index in [2.05, 4.69) is 39.9 Å². The fraction of sp³-hybridized carbons (Fsp3) is 0.560. The lowest BCUT2D eigenvalue weighted by Crippen LogP contribution is -2.44. The fourth-order valence-corrected chi connectivity index (χ4v) is 3.74. The average Bonchev–Trinajstić information content (AvgIpc) is 3.03. The number of nitrogens with one attached hydrogen (secondary N) is 1. The standard InChI is InChI=1S/C25H36N4O2/c1-17(2)15-28(24(31)19-10-8-11-19)16-23(30)26-22-14-21(25(4,5)6)27-29(22)20-12-7-9-18(3)13-20/h7,9,12-14,17,19H,8,10-11,15-16H2,1-6H3,(H,26,30). The molecule has 1 aliphatic rings. The summed E-state index contributed by atoms with van der Waals surface area (Å²) in [5.41, 5.74) is 2.76. The number of amides is 2. The van der Waals surface area contributed by atoms with E-state index in [4.69, 9.17) is 5.10 Å². The summed E-state index contributed by atoms with van der Waals surface area (Å²) in [6.45, 7) is 13.1. The number of anilines is 1. The van der Waals surface area contributed by atoms with Crippen molar-refractivity contribution >= 4 is 17.6 Å². The maximum atomic E-state index is 13.0. The molecule has 0 unspecified atom stereocenters. The molecule has 1 aliphatic carbocycles. The Bertz CT molecular complexity index is 935. The molecule has 1 N–H and O–H groups in total. The van der Waals surface area contributed by atoms with Crippen LogP contribution in [-0.4, -0.2) is 39.6 Å². The van der Waals surface area contributed by atoms with Crippen LogP contribution in [0.25, 0.3) is 5.69 Å². The number of rotatable bonds is 7. The van der Waals surface area contributed by atoms with Crippen LogP contribution in [0.1, 0.15) is 65.1 Å². The van der Waals surface area contributed by atoms with Crippen molar-refractivity contribution in [3.8, 4) is 5.69 Å². The number of aryl methyl sites for hydroxylation is 1. The van der Waals surface area contributed by atoms with E-state index >= 15 is 0 Å². The molecule has 1 aromatic carbocycles. The third kappa shape index (κ3) is 5.75. The number of nitrogens with zero attached hydrogens (tertiary/aromatic N) is 3. The summed E-state index contributed by atoms with van der Waals surface area (Å²) >= 11 is 0. The van der Waals surface area contributed by atoms with Crippen molar-refractivity contribution in [2.45, 2.75) is 66.2 Å². The number of carbonyl (C=O) groups excluding carboxylic acids is 2. The second kappa shape index (κ2) is 9.25. The van der Waals surface area contributed by atoms with E-state index in [9.17, 15) is 9.59 Å². The van der Waals surface area contributed by atoms with Gasteiger partial charge in [0.1, 0.15) is 5.82 Å². The largest absolute Gasteiger partial charge is 0.333 e. The molecule has 168 valence electrons. The monoisotopic (exact) mass is 424 g/mol. The first-order valence-corrected chi connectivity index (χ1v) is 11.3. The molecule has 0 aliphatic heterocycles. The molecule has 6 nitrogen and oxygen atoms in total. The maximum absolute atomic E-state index is 13.0. The maximum Gasteiger partial charge on any atom is 0.245 e. The van der Waals surface area contributed by atoms with E-state index in [0.29, 0.717) is 18.3 Å². The predicted octanol–water partition coefficient (Wildman–Crippen LogP) is 4.70. The zero-order valence-corrected chi connectivity index (χ0v) is 19.7. The van der Waals surface area contributed by atoms with Crippen LogP contribution >= 0.6 is 0 Å². The molecule has 2 amide bonds. The summed E-state index contributed by atoms with van der Waals surface area (Å²) < 4.78 is 1.78. The van der Waals surface area contributed by atoms with Gasteiger partial charge in [-0.05, 0) is 43.4 Å². The molecule has 2 aromatic rings. The first kappa shape index (κ1) is 23.0. The number of hydrogen-bond acceptors (Lipinski definition) is 3. The van der Waals surface area contributed by atoms with Crippen molar-refractivity contribution in [1.82, 2.24) is 14.7 Å². The second-order valence-electron chi connectivity index (χ2n) is 10.2. The minimum atomic E-state index is -0.192. The van der Waals surface area contributed by atoms with Crippen LogP contribution in [0.2, 0.25) is 0 Å². The molecular weight excluding hydrogens is 388 g/mol. The molecule has 1 fully saturated rings. The summed E-state index contributed by atoms with van der Waals surface area (Å²) in [6, 6.07) is 9.97. The highest BCUT2D eigenvalue weighted by molar-refractivity contribution is 5.94. The van der Waals surface area contributed by atoms with Gasteiger partial charge in [0, 0.05) is 23.9 Å². The van der Waals surface area contributed by atoms with Crippen LogP contribution in [0.5, 0.6) is 0 Å². The topological polar surface area (TPSA) is 67.2 Å². The average molecular weight is 425 g/mol. The van der Waals surface area contributed by atoms with Crippen LogP contribution in [0.3, 0.4) is 0 Å². The van der Waals surface area contributed by atoms with Crippen LogP contribution in [-0.2, 0) is 15.0 Å². The molecule has 0 bridgehead atoms. The molecule has 0 radical (unpaired) electrons. The van der Waals surface area contributed by atoms with E-state index in [-0.39, 0.29) is 29.7 Å². The van der Waals surface area contributed by atoms with Crippen LogP contribution in [0, 0.1) is 18.8 Å². The van der Waals surface area contributed by atoms with Gasteiger partial charge < -0.3 is 10.2 Å². The normalized spacial score (nSPS) is 14.4. The van der Waals surface area contributed by atoms with Gasteiger partial charge in [0.15, 0.2) is 0 Å². The van der Waals surface area contributed by atoms with Crippen LogP contribution in [0.4, 0.5) is 5.82 Å². The lowest BCUT2D eigenvalue weighted by molar-refractivity contribution is -0.141. The Morgan fingerprint density at radius 1 is 1.23 bits per heavy atom. The van der Waals surface area contributed by atoms with Gasteiger partial charge in [-0.15, -0.1) is 0 Å². The lowest BCUT2D eigenvalue weighted by Gasteiger charge is -2.32. The van der Waals surface area contributed by atoms with E-state index in [0.717, 1.165) is 36.2 Å². The quantitative estimate of drug-likeness (QED) is 0.700. The summed E-state index contributed by atoms with van der Waals surface area (Å²) in [5.74, 6) is 0.931. The molecule has 6 heteroatoms. The Morgan fingerprint density at radius 2 is 1.94 bits per heavy atom. The number of carbonyl (C=O) groups is 2. The summed E-state index contributed by atoms with van der Waals surface area (Å²) in [6.07, 6.45) is 2.97. The first-order chi connectivity index (χ1) is 14.5. The molecule has 0 saturated heterocycles. The van der Waals surface area contributed by atoms with Gasteiger partial charge in [0.2, 0.25) is 11.8 Å². The van der Waals surface area contributed by atoms with Gasteiger partial charge in [0.05, 0.1) is 17.9 Å². The summed E-state index contributed by atoms with van der Waals surface area (Å²) in [5, 5.41) is 7.80. The van der Waals surface area contributed by atoms with Crippen molar-refractivity contribution in [1.29, 1.82) is 0 Å². The Labute approximate surface area is 186 Å². The highest BCUT2D eigenvalue weighted by atomic mass is 16.2. The number of benzene rings is 1. The minimum Gasteiger partial charge on any atom is -0.333 e. The lowest BCUT2D eigenvalue weighted by atomic mass is 9.84. The molecular formula is C25H36N4O2. The zero-order chi connectivity index (χ0) is 22.8. The Balaban J connectivity index is 1.83.